The Balaban J connectivity index is 1.25. The third-order valence-electron chi connectivity index (χ3n) is 5.82. The fourth-order valence-electron chi connectivity index (χ4n) is 4.19. The number of piperazine rings is 1. The predicted octanol–water partition coefficient (Wildman–Crippen LogP) is 4.35. The molecule has 0 aliphatic carbocycles. The van der Waals surface area contributed by atoms with Crippen LogP contribution in [0, 0.1) is 13.8 Å². The molecule has 7 heteroatoms. The van der Waals surface area contributed by atoms with Gasteiger partial charge in [0.25, 0.3) is 5.91 Å². The minimum absolute atomic E-state index is 0.0334. The van der Waals surface area contributed by atoms with E-state index >= 15 is 0 Å². The summed E-state index contributed by atoms with van der Waals surface area (Å²) in [5.41, 5.74) is 4.24. The molecule has 33 heavy (non-hydrogen) atoms. The van der Waals surface area contributed by atoms with E-state index in [1.54, 1.807) is 0 Å². The molecule has 1 fully saturated rings. The fourth-order valence-corrected chi connectivity index (χ4v) is 4.19. The summed E-state index contributed by atoms with van der Waals surface area (Å²) in [6.45, 7) is 6.70. The third kappa shape index (κ3) is 4.62. The van der Waals surface area contributed by atoms with Crippen molar-refractivity contribution in [3.63, 3.8) is 0 Å². The molecule has 3 heterocycles. The maximum atomic E-state index is 13.2. The zero-order chi connectivity index (χ0) is 22.8. The number of aryl methyl sites for hydroxylation is 2. The largest absolute Gasteiger partial charge is 0.353 e. The van der Waals surface area contributed by atoms with Gasteiger partial charge in [0.2, 0.25) is 5.95 Å². The molecule has 1 N–H and O–H groups in total. The second-order valence-corrected chi connectivity index (χ2v) is 8.32. The second-order valence-electron chi connectivity index (χ2n) is 8.32. The summed E-state index contributed by atoms with van der Waals surface area (Å²) < 4.78 is 0. The molecule has 4 aromatic rings. The number of amides is 1. The van der Waals surface area contributed by atoms with Crippen molar-refractivity contribution in [2.75, 3.05) is 36.4 Å². The maximum Gasteiger partial charge on any atom is 0.254 e. The lowest BCUT2D eigenvalue weighted by atomic mass is 10.1. The summed E-state index contributed by atoms with van der Waals surface area (Å²) in [6.07, 6.45) is 0. The lowest BCUT2D eigenvalue weighted by Crippen LogP contribution is -2.49. The first-order chi connectivity index (χ1) is 16.0. The van der Waals surface area contributed by atoms with E-state index in [4.69, 9.17) is 4.98 Å². The molecule has 7 nitrogen and oxygen atoms in total. The van der Waals surface area contributed by atoms with E-state index < -0.39 is 0 Å². The van der Waals surface area contributed by atoms with Gasteiger partial charge in [0.1, 0.15) is 5.82 Å². The van der Waals surface area contributed by atoms with Gasteiger partial charge in [-0.1, -0.05) is 24.3 Å². The molecule has 0 unspecified atom stereocenters. The molecule has 0 radical (unpaired) electrons. The maximum absolute atomic E-state index is 13.2. The van der Waals surface area contributed by atoms with Crippen LogP contribution >= 0.6 is 0 Å². The lowest BCUT2D eigenvalue weighted by Gasteiger charge is -2.35. The number of para-hydroxylation sites is 1. The van der Waals surface area contributed by atoms with E-state index in [1.807, 2.05) is 67.3 Å². The van der Waals surface area contributed by atoms with E-state index in [1.165, 1.54) is 0 Å². The number of anilines is 3. The molecule has 166 valence electrons. The summed E-state index contributed by atoms with van der Waals surface area (Å²) >= 11 is 0. The molecule has 5 rings (SSSR count). The van der Waals surface area contributed by atoms with Gasteiger partial charge in [-0.3, -0.25) is 4.79 Å². The molecular formula is C26H26N6O. The quantitative estimate of drug-likeness (QED) is 0.511. The fraction of sp³-hybridized carbons (Fsp3) is 0.231. The number of benzene rings is 2. The topological polar surface area (TPSA) is 74.2 Å². The Bertz CT molecular complexity index is 1290. The van der Waals surface area contributed by atoms with E-state index in [-0.39, 0.29) is 5.91 Å². The van der Waals surface area contributed by atoms with Crippen LogP contribution in [0.3, 0.4) is 0 Å². The van der Waals surface area contributed by atoms with Crippen LogP contribution in [0.2, 0.25) is 0 Å². The standard InChI is InChI=1S/C26H26N6O/c1-18-16-19(2)28-26(27-18)29-22-8-5-7-21(17-22)25(33)32-14-12-31(13-15-32)24-11-10-20-6-3-4-9-23(20)30-24/h3-11,16-17H,12-15H2,1-2H3,(H,27,28,29). The van der Waals surface area contributed by atoms with Gasteiger partial charge in [0.15, 0.2) is 0 Å². The lowest BCUT2D eigenvalue weighted by molar-refractivity contribution is 0.0746. The zero-order valence-corrected chi connectivity index (χ0v) is 18.8. The molecule has 0 bridgehead atoms. The number of pyridine rings is 1. The number of hydrogen-bond donors (Lipinski definition) is 1. The zero-order valence-electron chi connectivity index (χ0n) is 18.8. The van der Waals surface area contributed by atoms with Crippen LogP contribution in [0.5, 0.6) is 0 Å². The highest BCUT2D eigenvalue weighted by Gasteiger charge is 2.23. The van der Waals surface area contributed by atoms with Crippen molar-refractivity contribution in [2.45, 2.75) is 13.8 Å². The van der Waals surface area contributed by atoms with Crippen molar-refractivity contribution >= 4 is 34.3 Å². The third-order valence-corrected chi connectivity index (χ3v) is 5.82. The molecule has 1 aliphatic rings. The number of aromatic nitrogens is 3. The van der Waals surface area contributed by atoms with Crippen LogP contribution in [-0.2, 0) is 0 Å². The van der Waals surface area contributed by atoms with Crippen LogP contribution in [0.1, 0.15) is 21.7 Å². The van der Waals surface area contributed by atoms with Crippen molar-refractivity contribution in [1.82, 2.24) is 19.9 Å². The summed E-state index contributed by atoms with van der Waals surface area (Å²) in [7, 11) is 0. The predicted molar refractivity (Wildman–Crippen MR) is 131 cm³/mol. The molecule has 2 aromatic heterocycles. The van der Waals surface area contributed by atoms with Gasteiger partial charge in [0, 0.05) is 54.2 Å². The minimum atomic E-state index is 0.0334. The number of nitrogens with one attached hydrogen (secondary N) is 1. The minimum Gasteiger partial charge on any atom is -0.353 e. The van der Waals surface area contributed by atoms with Crippen molar-refractivity contribution in [1.29, 1.82) is 0 Å². The number of carbonyl (C=O) groups is 1. The van der Waals surface area contributed by atoms with Crippen LogP contribution in [0.25, 0.3) is 10.9 Å². The van der Waals surface area contributed by atoms with Crippen molar-refractivity contribution in [3.8, 4) is 0 Å². The first-order valence-corrected chi connectivity index (χ1v) is 11.1. The van der Waals surface area contributed by atoms with Crippen LogP contribution < -0.4 is 10.2 Å². The smallest absolute Gasteiger partial charge is 0.254 e. The summed E-state index contributed by atoms with van der Waals surface area (Å²) in [5, 5.41) is 4.35. The van der Waals surface area contributed by atoms with Gasteiger partial charge < -0.3 is 15.1 Å². The van der Waals surface area contributed by atoms with Crippen LogP contribution in [0.4, 0.5) is 17.5 Å². The molecule has 1 amide bonds. The van der Waals surface area contributed by atoms with E-state index in [0.29, 0.717) is 24.6 Å². The molecular weight excluding hydrogens is 412 g/mol. The number of rotatable bonds is 4. The van der Waals surface area contributed by atoms with Gasteiger partial charge >= 0.3 is 0 Å². The highest BCUT2D eigenvalue weighted by molar-refractivity contribution is 5.95. The van der Waals surface area contributed by atoms with Gasteiger partial charge in [-0.2, -0.15) is 0 Å². The summed E-state index contributed by atoms with van der Waals surface area (Å²) in [4.78, 5) is 30.9. The van der Waals surface area contributed by atoms with Gasteiger partial charge in [0.05, 0.1) is 5.52 Å². The van der Waals surface area contributed by atoms with Gasteiger partial charge in [-0.05, 0) is 56.3 Å². The molecule has 0 saturated carbocycles. The molecule has 1 aliphatic heterocycles. The average Bonchev–Trinajstić information content (AvgIpc) is 2.83. The summed E-state index contributed by atoms with van der Waals surface area (Å²) in [5.74, 6) is 1.53. The highest BCUT2D eigenvalue weighted by Crippen LogP contribution is 2.21. The first kappa shape index (κ1) is 20.9. The van der Waals surface area contributed by atoms with Crippen molar-refractivity contribution in [3.05, 3.63) is 83.7 Å². The van der Waals surface area contributed by atoms with E-state index in [0.717, 1.165) is 46.9 Å². The average molecular weight is 439 g/mol. The monoisotopic (exact) mass is 438 g/mol. The van der Waals surface area contributed by atoms with E-state index in [9.17, 15) is 4.79 Å². The van der Waals surface area contributed by atoms with Gasteiger partial charge in [-0.25, -0.2) is 15.0 Å². The Hall–Kier alpha value is -4.00. The van der Waals surface area contributed by atoms with Crippen LogP contribution in [-0.4, -0.2) is 51.9 Å². The summed E-state index contributed by atoms with van der Waals surface area (Å²) in [6, 6.07) is 21.7. The number of nitrogens with zero attached hydrogens (tertiary/aromatic N) is 5. The molecule has 0 spiro atoms. The number of hydrogen-bond acceptors (Lipinski definition) is 6. The Morgan fingerprint density at radius 1 is 0.818 bits per heavy atom. The normalized spacial score (nSPS) is 13.9. The SMILES string of the molecule is Cc1cc(C)nc(Nc2cccc(C(=O)N3CCN(c4ccc5ccccc5n4)CC3)c2)n1. The highest BCUT2D eigenvalue weighted by atomic mass is 16.2. The first-order valence-electron chi connectivity index (χ1n) is 11.1. The van der Waals surface area contributed by atoms with Crippen molar-refractivity contribution < 1.29 is 4.79 Å². The Morgan fingerprint density at radius 3 is 2.36 bits per heavy atom. The molecule has 1 saturated heterocycles. The number of fused-ring (bicyclic) bond motifs is 1. The Labute approximate surface area is 193 Å². The number of carbonyl (C=O) groups excluding carboxylic acids is 1. The van der Waals surface area contributed by atoms with Crippen LogP contribution in [0.15, 0.2) is 66.7 Å². The molecule has 0 atom stereocenters. The Kier molecular flexibility index (Phi) is 5.60. The van der Waals surface area contributed by atoms with Crippen molar-refractivity contribution in [2.24, 2.45) is 0 Å². The Morgan fingerprint density at radius 2 is 1.58 bits per heavy atom. The van der Waals surface area contributed by atoms with Gasteiger partial charge in [-0.15, -0.1) is 0 Å². The van der Waals surface area contributed by atoms with E-state index in [2.05, 4.69) is 38.4 Å². The second kappa shape index (κ2) is 8.86. The molecule has 2 aromatic carbocycles.